The van der Waals surface area contributed by atoms with Gasteiger partial charge in [0.25, 0.3) is 0 Å². The summed E-state index contributed by atoms with van der Waals surface area (Å²) in [6.45, 7) is 4.59. The van der Waals surface area contributed by atoms with Crippen LogP contribution in [0.4, 0.5) is 5.69 Å². The van der Waals surface area contributed by atoms with Crippen LogP contribution in [0.2, 0.25) is 5.15 Å². The first-order chi connectivity index (χ1) is 7.15. The van der Waals surface area contributed by atoms with Gasteiger partial charge >= 0.3 is 0 Å². The van der Waals surface area contributed by atoms with Gasteiger partial charge in [0.15, 0.2) is 0 Å². The van der Waals surface area contributed by atoms with Crippen molar-refractivity contribution in [3.8, 4) is 0 Å². The van der Waals surface area contributed by atoms with Crippen molar-refractivity contribution in [1.82, 2.24) is 4.98 Å². The van der Waals surface area contributed by atoms with Crippen LogP contribution in [0.15, 0.2) is 18.3 Å². The molecule has 1 saturated carbocycles. The minimum atomic E-state index is 0.550. The van der Waals surface area contributed by atoms with Gasteiger partial charge in [0.2, 0.25) is 0 Å². The van der Waals surface area contributed by atoms with Gasteiger partial charge in [0, 0.05) is 6.04 Å². The number of rotatable bonds is 3. The number of hydrogen-bond donors (Lipinski definition) is 1. The van der Waals surface area contributed by atoms with Crippen LogP contribution in [-0.2, 0) is 0 Å². The minimum absolute atomic E-state index is 0.550. The van der Waals surface area contributed by atoms with Crippen LogP contribution < -0.4 is 5.32 Å². The number of nitrogens with one attached hydrogen (secondary N) is 1. The Morgan fingerprint density at radius 3 is 2.67 bits per heavy atom. The number of aromatic nitrogens is 1. The topological polar surface area (TPSA) is 24.9 Å². The SMILES string of the molecule is CC(C)C1CC(Nc2ccc(Cl)nc2)C1. The average molecular weight is 225 g/mol. The summed E-state index contributed by atoms with van der Waals surface area (Å²) in [6, 6.07) is 4.43. The second-order valence-electron chi connectivity index (χ2n) is 4.69. The van der Waals surface area contributed by atoms with E-state index in [-0.39, 0.29) is 0 Å². The van der Waals surface area contributed by atoms with Crippen molar-refractivity contribution in [3.05, 3.63) is 23.5 Å². The number of hydrogen-bond acceptors (Lipinski definition) is 2. The molecule has 0 radical (unpaired) electrons. The molecule has 1 aromatic heterocycles. The summed E-state index contributed by atoms with van der Waals surface area (Å²) < 4.78 is 0. The Hall–Kier alpha value is -0.760. The van der Waals surface area contributed by atoms with Crippen LogP contribution in [0.1, 0.15) is 26.7 Å². The van der Waals surface area contributed by atoms with E-state index in [1.165, 1.54) is 12.8 Å². The van der Waals surface area contributed by atoms with Gasteiger partial charge in [-0.05, 0) is 36.8 Å². The number of pyridine rings is 1. The summed E-state index contributed by atoms with van der Waals surface area (Å²) in [5.41, 5.74) is 1.08. The number of halogens is 1. The fourth-order valence-corrected chi connectivity index (χ4v) is 2.13. The van der Waals surface area contributed by atoms with E-state index < -0.39 is 0 Å². The van der Waals surface area contributed by atoms with Crippen molar-refractivity contribution in [2.45, 2.75) is 32.7 Å². The second-order valence-corrected chi connectivity index (χ2v) is 5.07. The molecule has 82 valence electrons. The molecular formula is C12H17ClN2. The molecule has 0 amide bonds. The first-order valence-electron chi connectivity index (χ1n) is 5.53. The Balaban J connectivity index is 1.82. The van der Waals surface area contributed by atoms with Crippen LogP contribution in [-0.4, -0.2) is 11.0 Å². The van der Waals surface area contributed by atoms with Gasteiger partial charge in [-0.1, -0.05) is 25.4 Å². The Morgan fingerprint density at radius 1 is 1.40 bits per heavy atom. The van der Waals surface area contributed by atoms with Crippen molar-refractivity contribution in [3.63, 3.8) is 0 Å². The minimum Gasteiger partial charge on any atom is -0.381 e. The second kappa shape index (κ2) is 4.40. The maximum absolute atomic E-state index is 5.72. The summed E-state index contributed by atoms with van der Waals surface area (Å²) >= 11 is 5.72. The van der Waals surface area contributed by atoms with E-state index in [1.54, 1.807) is 6.20 Å². The first-order valence-corrected chi connectivity index (χ1v) is 5.91. The zero-order valence-corrected chi connectivity index (χ0v) is 9.96. The molecule has 1 aliphatic rings. The molecule has 3 heteroatoms. The summed E-state index contributed by atoms with van der Waals surface area (Å²) in [5, 5.41) is 4.02. The number of nitrogens with zero attached hydrogens (tertiary/aromatic N) is 1. The molecule has 1 aromatic rings. The highest BCUT2D eigenvalue weighted by Crippen LogP contribution is 2.35. The maximum atomic E-state index is 5.72. The van der Waals surface area contributed by atoms with Crippen molar-refractivity contribution in [2.75, 3.05) is 5.32 Å². The van der Waals surface area contributed by atoms with E-state index in [4.69, 9.17) is 11.6 Å². The van der Waals surface area contributed by atoms with Gasteiger partial charge in [-0.2, -0.15) is 0 Å². The van der Waals surface area contributed by atoms with E-state index in [9.17, 15) is 0 Å². The quantitative estimate of drug-likeness (QED) is 0.794. The third kappa shape index (κ3) is 2.63. The van der Waals surface area contributed by atoms with E-state index in [2.05, 4.69) is 24.1 Å². The van der Waals surface area contributed by atoms with Crippen LogP contribution in [0.25, 0.3) is 0 Å². The normalized spacial score (nSPS) is 25.1. The lowest BCUT2D eigenvalue weighted by Crippen LogP contribution is -2.37. The number of anilines is 1. The molecule has 0 atom stereocenters. The zero-order valence-electron chi connectivity index (χ0n) is 9.20. The van der Waals surface area contributed by atoms with Crippen LogP contribution in [0.3, 0.4) is 0 Å². The molecular weight excluding hydrogens is 208 g/mol. The molecule has 2 rings (SSSR count). The van der Waals surface area contributed by atoms with E-state index in [0.717, 1.165) is 17.5 Å². The van der Waals surface area contributed by atoms with Crippen molar-refractivity contribution in [1.29, 1.82) is 0 Å². The predicted octanol–water partition coefficient (Wildman–Crippen LogP) is 3.58. The molecule has 1 heterocycles. The summed E-state index contributed by atoms with van der Waals surface area (Å²) in [7, 11) is 0. The molecule has 0 saturated heterocycles. The molecule has 1 N–H and O–H groups in total. The molecule has 1 fully saturated rings. The lowest BCUT2D eigenvalue weighted by molar-refractivity contribution is 0.212. The molecule has 0 unspecified atom stereocenters. The third-order valence-corrected chi connectivity index (χ3v) is 3.44. The van der Waals surface area contributed by atoms with Crippen LogP contribution in [0.5, 0.6) is 0 Å². The highest BCUT2D eigenvalue weighted by molar-refractivity contribution is 6.29. The maximum Gasteiger partial charge on any atom is 0.129 e. The summed E-state index contributed by atoms with van der Waals surface area (Å²) in [5.74, 6) is 1.70. The third-order valence-electron chi connectivity index (χ3n) is 3.22. The lowest BCUT2D eigenvalue weighted by Gasteiger charge is -2.39. The Labute approximate surface area is 96.1 Å². The van der Waals surface area contributed by atoms with Gasteiger partial charge < -0.3 is 5.32 Å². The lowest BCUT2D eigenvalue weighted by atomic mass is 9.73. The van der Waals surface area contributed by atoms with E-state index >= 15 is 0 Å². The monoisotopic (exact) mass is 224 g/mol. The zero-order chi connectivity index (χ0) is 10.8. The molecule has 2 nitrogen and oxygen atoms in total. The van der Waals surface area contributed by atoms with Crippen LogP contribution >= 0.6 is 11.6 Å². The summed E-state index contributed by atoms with van der Waals surface area (Å²) in [6.07, 6.45) is 4.35. The van der Waals surface area contributed by atoms with Crippen molar-refractivity contribution >= 4 is 17.3 Å². The predicted molar refractivity (Wildman–Crippen MR) is 64.2 cm³/mol. The fraction of sp³-hybridized carbons (Fsp3) is 0.583. The van der Waals surface area contributed by atoms with Gasteiger partial charge in [0.05, 0.1) is 11.9 Å². The fourth-order valence-electron chi connectivity index (χ4n) is 2.02. The Morgan fingerprint density at radius 2 is 2.13 bits per heavy atom. The average Bonchev–Trinajstić information content (AvgIpc) is 2.13. The van der Waals surface area contributed by atoms with Crippen molar-refractivity contribution < 1.29 is 0 Å². The van der Waals surface area contributed by atoms with E-state index in [0.29, 0.717) is 11.2 Å². The van der Waals surface area contributed by atoms with Gasteiger partial charge in [-0.3, -0.25) is 0 Å². The highest BCUT2D eigenvalue weighted by atomic mass is 35.5. The molecule has 1 aliphatic carbocycles. The molecule has 0 spiro atoms. The molecule has 0 aliphatic heterocycles. The first kappa shape index (κ1) is 10.7. The highest BCUT2D eigenvalue weighted by Gasteiger charge is 2.30. The standard InChI is InChI=1S/C12H17ClN2/c1-8(2)9-5-11(6-9)15-10-3-4-12(13)14-7-10/h3-4,7-9,11,15H,5-6H2,1-2H3. The Bertz CT molecular complexity index is 315. The molecule has 0 bridgehead atoms. The molecule has 0 aromatic carbocycles. The smallest absolute Gasteiger partial charge is 0.129 e. The van der Waals surface area contributed by atoms with Crippen LogP contribution in [0, 0.1) is 11.8 Å². The van der Waals surface area contributed by atoms with Gasteiger partial charge in [-0.15, -0.1) is 0 Å². The van der Waals surface area contributed by atoms with E-state index in [1.807, 2.05) is 12.1 Å². The summed E-state index contributed by atoms with van der Waals surface area (Å²) in [4.78, 5) is 4.05. The van der Waals surface area contributed by atoms with Crippen molar-refractivity contribution in [2.24, 2.45) is 11.8 Å². The largest absolute Gasteiger partial charge is 0.381 e. The Kier molecular flexibility index (Phi) is 3.15. The van der Waals surface area contributed by atoms with Gasteiger partial charge in [0.1, 0.15) is 5.15 Å². The molecule has 15 heavy (non-hydrogen) atoms. The van der Waals surface area contributed by atoms with Gasteiger partial charge in [-0.25, -0.2) is 4.98 Å².